The number of amides is 1. The zero-order valence-corrected chi connectivity index (χ0v) is 9.50. The highest BCUT2D eigenvalue weighted by Gasteiger charge is 2.11. The maximum atomic E-state index is 11.7. The molecule has 1 aromatic carbocycles. The van der Waals surface area contributed by atoms with Crippen LogP contribution in [-0.2, 0) is 6.54 Å². The number of hydrogen-bond donors (Lipinski definition) is 0. The molecule has 0 atom stereocenters. The summed E-state index contributed by atoms with van der Waals surface area (Å²) in [5.74, 6) is 0.538. The standard InChI is InChI=1S/C13H13NO3/c1-14(9-11-7-8-16-10-11)13(15)17-12-5-3-2-4-6-12/h2-8,10H,9H2,1H3. The number of carbonyl (C=O) groups is 1. The van der Waals surface area contributed by atoms with Gasteiger partial charge in [-0.25, -0.2) is 4.79 Å². The minimum atomic E-state index is -0.391. The smallest absolute Gasteiger partial charge is 0.415 e. The Labute approximate surface area is 99.4 Å². The molecule has 2 aromatic rings. The number of carbonyl (C=O) groups excluding carboxylic acids is 1. The van der Waals surface area contributed by atoms with Gasteiger partial charge in [-0.05, 0) is 18.2 Å². The van der Waals surface area contributed by atoms with E-state index in [1.54, 1.807) is 31.7 Å². The molecule has 0 aliphatic rings. The van der Waals surface area contributed by atoms with Crippen LogP contribution in [0.5, 0.6) is 5.75 Å². The fourth-order valence-corrected chi connectivity index (χ4v) is 1.39. The van der Waals surface area contributed by atoms with Gasteiger partial charge in [0.15, 0.2) is 0 Å². The minimum absolute atomic E-state index is 0.391. The van der Waals surface area contributed by atoms with Crippen molar-refractivity contribution in [3.05, 3.63) is 54.5 Å². The molecule has 2 rings (SSSR count). The Kier molecular flexibility index (Phi) is 3.45. The summed E-state index contributed by atoms with van der Waals surface area (Å²) < 4.78 is 10.1. The van der Waals surface area contributed by atoms with Gasteiger partial charge in [-0.2, -0.15) is 0 Å². The predicted octanol–water partition coefficient (Wildman–Crippen LogP) is 2.91. The zero-order valence-electron chi connectivity index (χ0n) is 9.50. The normalized spacial score (nSPS) is 9.94. The number of nitrogens with zero attached hydrogens (tertiary/aromatic N) is 1. The first kappa shape index (κ1) is 11.3. The topological polar surface area (TPSA) is 42.7 Å². The molecule has 1 aromatic heterocycles. The van der Waals surface area contributed by atoms with Gasteiger partial charge in [0.2, 0.25) is 0 Å². The van der Waals surface area contributed by atoms with E-state index in [1.807, 2.05) is 24.3 Å². The van der Waals surface area contributed by atoms with Gasteiger partial charge in [0, 0.05) is 12.6 Å². The second kappa shape index (κ2) is 5.21. The molecule has 1 heterocycles. The molecule has 4 nitrogen and oxygen atoms in total. The second-order valence-electron chi connectivity index (χ2n) is 3.67. The number of para-hydroxylation sites is 1. The summed E-state index contributed by atoms with van der Waals surface area (Å²) in [4.78, 5) is 13.2. The molecule has 1 amide bonds. The summed E-state index contributed by atoms with van der Waals surface area (Å²) in [6.45, 7) is 0.460. The molecule has 0 fully saturated rings. The molecule has 0 bridgehead atoms. The maximum Gasteiger partial charge on any atom is 0.415 e. The van der Waals surface area contributed by atoms with Gasteiger partial charge in [0.05, 0.1) is 19.1 Å². The summed E-state index contributed by atoms with van der Waals surface area (Å²) in [6.07, 6.45) is 2.79. The molecule has 0 unspecified atom stereocenters. The van der Waals surface area contributed by atoms with Crippen molar-refractivity contribution in [3.8, 4) is 5.75 Å². The van der Waals surface area contributed by atoms with Crippen molar-refractivity contribution in [1.82, 2.24) is 4.90 Å². The van der Waals surface area contributed by atoms with E-state index in [0.717, 1.165) is 5.56 Å². The van der Waals surface area contributed by atoms with Crippen LogP contribution in [0.15, 0.2) is 53.3 Å². The summed E-state index contributed by atoms with van der Waals surface area (Å²) in [5, 5.41) is 0. The van der Waals surface area contributed by atoms with E-state index < -0.39 is 6.09 Å². The molecule has 0 aliphatic heterocycles. The van der Waals surface area contributed by atoms with E-state index in [9.17, 15) is 4.79 Å². The second-order valence-corrected chi connectivity index (χ2v) is 3.67. The molecule has 0 spiro atoms. The molecule has 4 heteroatoms. The van der Waals surface area contributed by atoms with Crippen LogP contribution >= 0.6 is 0 Å². The number of furan rings is 1. The number of benzene rings is 1. The molecule has 88 valence electrons. The Hall–Kier alpha value is -2.23. The Bertz CT molecular complexity index is 465. The average Bonchev–Trinajstić information content (AvgIpc) is 2.83. The molecule has 0 radical (unpaired) electrons. The van der Waals surface area contributed by atoms with Crippen LogP contribution < -0.4 is 4.74 Å². The number of ether oxygens (including phenoxy) is 1. The minimum Gasteiger partial charge on any atom is -0.472 e. The van der Waals surface area contributed by atoms with Crippen LogP contribution in [0.4, 0.5) is 4.79 Å². The van der Waals surface area contributed by atoms with Crippen molar-refractivity contribution in [2.45, 2.75) is 6.54 Å². The highest BCUT2D eigenvalue weighted by atomic mass is 16.6. The first-order valence-corrected chi connectivity index (χ1v) is 5.25. The van der Waals surface area contributed by atoms with Crippen LogP contribution in [0.25, 0.3) is 0 Å². The van der Waals surface area contributed by atoms with E-state index in [1.165, 1.54) is 4.90 Å². The number of rotatable bonds is 3. The molecule has 0 saturated heterocycles. The van der Waals surface area contributed by atoms with Gasteiger partial charge in [0.25, 0.3) is 0 Å². The Morgan fingerprint density at radius 2 is 2.06 bits per heavy atom. The van der Waals surface area contributed by atoms with Crippen molar-refractivity contribution in [2.24, 2.45) is 0 Å². The van der Waals surface area contributed by atoms with Crippen LogP contribution in [0, 0.1) is 0 Å². The fraction of sp³-hybridized carbons (Fsp3) is 0.154. The van der Waals surface area contributed by atoms with E-state index in [2.05, 4.69) is 0 Å². The predicted molar refractivity (Wildman–Crippen MR) is 62.6 cm³/mol. The lowest BCUT2D eigenvalue weighted by molar-refractivity contribution is 0.160. The Morgan fingerprint density at radius 1 is 1.29 bits per heavy atom. The molecule has 0 aliphatic carbocycles. The highest BCUT2D eigenvalue weighted by Crippen LogP contribution is 2.11. The third kappa shape index (κ3) is 3.11. The van der Waals surface area contributed by atoms with E-state index in [-0.39, 0.29) is 0 Å². The van der Waals surface area contributed by atoms with Gasteiger partial charge in [0.1, 0.15) is 5.75 Å². The lowest BCUT2D eigenvalue weighted by Crippen LogP contribution is -2.28. The lowest BCUT2D eigenvalue weighted by Gasteiger charge is -2.15. The van der Waals surface area contributed by atoms with Crippen molar-refractivity contribution >= 4 is 6.09 Å². The van der Waals surface area contributed by atoms with Crippen molar-refractivity contribution < 1.29 is 13.9 Å². The summed E-state index contributed by atoms with van der Waals surface area (Å²) in [6, 6.07) is 10.8. The number of hydrogen-bond acceptors (Lipinski definition) is 3. The molecular formula is C13H13NO3. The first-order chi connectivity index (χ1) is 8.25. The first-order valence-electron chi connectivity index (χ1n) is 5.25. The highest BCUT2D eigenvalue weighted by molar-refractivity contribution is 5.70. The van der Waals surface area contributed by atoms with E-state index >= 15 is 0 Å². The van der Waals surface area contributed by atoms with Gasteiger partial charge in [-0.3, -0.25) is 0 Å². The Morgan fingerprint density at radius 3 is 2.71 bits per heavy atom. The van der Waals surface area contributed by atoms with Gasteiger partial charge in [-0.15, -0.1) is 0 Å². The molecule has 17 heavy (non-hydrogen) atoms. The summed E-state index contributed by atoms with van der Waals surface area (Å²) in [5.41, 5.74) is 0.928. The molecule has 0 saturated carbocycles. The third-order valence-corrected chi connectivity index (χ3v) is 2.26. The zero-order chi connectivity index (χ0) is 12.1. The van der Waals surface area contributed by atoms with Crippen molar-refractivity contribution in [1.29, 1.82) is 0 Å². The van der Waals surface area contributed by atoms with Crippen LogP contribution in [0.3, 0.4) is 0 Å². The van der Waals surface area contributed by atoms with Crippen molar-refractivity contribution in [2.75, 3.05) is 7.05 Å². The largest absolute Gasteiger partial charge is 0.472 e. The third-order valence-electron chi connectivity index (χ3n) is 2.26. The lowest BCUT2D eigenvalue weighted by atomic mass is 10.3. The Balaban J connectivity index is 1.92. The molecule has 0 N–H and O–H groups in total. The van der Waals surface area contributed by atoms with Crippen LogP contribution in [0.2, 0.25) is 0 Å². The SMILES string of the molecule is CN(Cc1ccoc1)C(=O)Oc1ccccc1. The molecular weight excluding hydrogens is 218 g/mol. The van der Waals surface area contributed by atoms with Crippen LogP contribution in [-0.4, -0.2) is 18.0 Å². The average molecular weight is 231 g/mol. The maximum absolute atomic E-state index is 11.7. The quantitative estimate of drug-likeness (QED) is 0.815. The van der Waals surface area contributed by atoms with Gasteiger partial charge in [-0.1, -0.05) is 18.2 Å². The van der Waals surface area contributed by atoms with E-state index in [4.69, 9.17) is 9.15 Å². The monoisotopic (exact) mass is 231 g/mol. The fourth-order valence-electron chi connectivity index (χ4n) is 1.39. The summed E-state index contributed by atoms with van der Waals surface area (Å²) >= 11 is 0. The summed E-state index contributed by atoms with van der Waals surface area (Å²) in [7, 11) is 1.68. The van der Waals surface area contributed by atoms with Gasteiger partial charge < -0.3 is 14.1 Å². The van der Waals surface area contributed by atoms with E-state index in [0.29, 0.717) is 12.3 Å². The van der Waals surface area contributed by atoms with Crippen LogP contribution in [0.1, 0.15) is 5.56 Å². The van der Waals surface area contributed by atoms with Crippen molar-refractivity contribution in [3.63, 3.8) is 0 Å². The van der Waals surface area contributed by atoms with Gasteiger partial charge >= 0.3 is 6.09 Å².